The van der Waals surface area contributed by atoms with E-state index >= 15 is 4.39 Å². The SMILES string of the molecule is CCN1CC[C@@](O)(c2ccc3c(c2F)CN([C@H]2CCC(=O)NC2=O)C3=O)C(CC)(CC)C1. The van der Waals surface area contributed by atoms with Gasteiger partial charge in [-0.25, -0.2) is 4.39 Å². The van der Waals surface area contributed by atoms with Crippen molar-refractivity contribution < 1.29 is 23.9 Å². The van der Waals surface area contributed by atoms with Gasteiger partial charge in [-0.3, -0.25) is 19.7 Å². The van der Waals surface area contributed by atoms with Crippen molar-refractivity contribution in [3.63, 3.8) is 0 Å². The van der Waals surface area contributed by atoms with Crippen LogP contribution in [0, 0.1) is 11.2 Å². The van der Waals surface area contributed by atoms with Gasteiger partial charge in [0.1, 0.15) is 17.5 Å². The van der Waals surface area contributed by atoms with Crippen LogP contribution in [-0.4, -0.2) is 58.3 Å². The molecule has 0 aliphatic carbocycles. The van der Waals surface area contributed by atoms with Gasteiger partial charge >= 0.3 is 0 Å². The number of carbonyl (C=O) groups excluding carboxylic acids is 3. The molecule has 8 heteroatoms. The van der Waals surface area contributed by atoms with E-state index in [0.29, 0.717) is 32.4 Å². The molecule has 0 radical (unpaired) electrons. The fraction of sp³-hybridized carbons (Fsp3) is 0.625. The third-order valence-corrected chi connectivity index (χ3v) is 8.09. The maximum Gasteiger partial charge on any atom is 0.255 e. The number of fused-ring (bicyclic) bond motifs is 1. The summed E-state index contributed by atoms with van der Waals surface area (Å²) in [6, 6.07) is 2.35. The minimum atomic E-state index is -1.34. The highest BCUT2D eigenvalue weighted by Gasteiger charge is 2.54. The van der Waals surface area contributed by atoms with E-state index in [1.807, 2.05) is 13.8 Å². The molecule has 0 aromatic heterocycles. The predicted octanol–water partition coefficient (Wildman–Crippen LogP) is 2.31. The van der Waals surface area contributed by atoms with Crippen LogP contribution in [0.4, 0.5) is 4.39 Å². The molecule has 2 N–H and O–H groups in total. The minimum Gasteiger partial charge on any atom is -0.384 e. The first-order chi connectivity index (χ1) is 15.2. The molecule has 4 rings (SSSR count). The quantitative estimate of drug-likeness (QED) is 0.679. The number of likely N-dealkylation sites (tertiary alicyclic amines) is 1. The Hall–Kier alpha value is -2.32. The molecule has 0 unspecified atom stereocenters. The van der Waals surface area contributed by atoms with E-state index in [-0.39, 0.29) is 42.0 Å². The molecule has 7 nitrogen and oxygen atoms in total. The molecule has 174 valence electrons. The molecule has 0 saturated carbocycles. The first-order valence-electron chi connectivity index (χ1n) is 11.6. The Bertz CT molecular complexity index is 961. The number of halogens is 1. The maximum absolute atomic E-state index is 16.0. The van der Waals surface area contributed by atoms with Gasteiger partial charge in [0.2, 0.25) is 11.8 Å². The molecule has 0 spiro atoms. The van der Waals surface area contributed by atoms with Crippen LogP contribution in [0.2, 0.25) is 0 Å². The van der Waals surface area contributed by atoms with Gasteiger partial charge in [0.25, 0.3) is 5.91 Å². The van der Waals surface area contributed by atoms with Crippen molar-refractivity contribution in [2.24, 2.45) is 5.41 Å². The van der Waals surface area contributed by atoms with Gasteiger partial charge < -0.3 is 14.9 Å². The van der Waals surface area contributed by atoms with Gasteiger partial charge in [-0.15, -0.1) is 0 Å². The topological polar surface area (TPSA) is 89.9 Å². The molecule has 1 aromatic carbocycles. The van der Waals surface area contributed by atoms with Crippen LogP contribution in [-0.2, 0) is 21.7 Å². The van der Waals surface area contributed by atoms with Gasteiger partial charge in [-0.1, -0.05) is 26.8 Å². The van der Waals surface area contributed by atoms with E-state index in [9.17, 15) is 19.5 Å². The van der Waals surface area contributed by atoms with Crippen molar-refractivity contribution in [1.29, 1.82) is 0 Å². The summed E-state index contributed by atoms with van der Waals surface area (Å²) in [6.07, 6.45) is 2.20. The second-order valence-corrected chi connectivity index (χ2v) is 9.32. The van der Waals surface area contributed by atoms with Crippen molar-refractivity contribution in [3.05, 3.63) is 34.6 Å². The lowest BCUT2D eigenvalue weighted by atomic mass is 9.61. The number of imide groups is 1. The molecule has 32 heavy (non-hydrogen) atoms. The number of hydrogen-bond donors (Lipinski definition) is 2. The van der Waals surface area contributed by atoms with E-state index in [4.69, 9.17) is 0 Å². The maximum atomic E-state index is 16.0. The minimum absolute atomic E-state index is 0.0392. The number of nitrogens with one attached hydrogen (secondary N) is 1. The van der Waals surface area contributed by atoms with Crippen LogP contribution in [0.1, 0.15) is 74.4 Å². The van der Waals surface area contributed by atoms with Gasteiger partial charge in [0, 0.05) is 41.6 Å². The molecule has 2 atom stereocenters. The average molecular weight is 446 g/mol. The molecule has 3 heterocycles. The number of hydrogen-bond acceptors (Lipinski definition) is 5. The molecule has 2 fully saturated rings. The number of piperidine rings is 2. The molecule has 1 aromatic rings. The summed E-state index contributed by atoms with van der Waals surface area (Å²) in [5.41, 5.74) is -1.14. The number of benzene rings is 1. The first kappa shape index (κ1) is 22.9. The first-order valence-corrected chi connectivity index (χ1v) is 11.6. The van der Waals surface area contributed by atoms with Crippen molar-refractivity contribution in [2.75, 3.05) is 19.6 Å². The van der Waals surface area contributed by atoms with Crippen LogP contribution in [0.3, 0.4) is 0 Å². The molecular weight excluding hydrogens is 413 g/mol. The zero-order valence-electron chi connectivity index (χ0n) is 19.0. The Labute approximate surface area is 187 Å². The fourth-order valence-corrected chi connectivity index (χ4v) is 5.90. The van der Waals surface area contributed by atoms with Crippen molar-refractivity contribution >= 4 is 17.7 Å². The lowest BCUT2D eigenvalue weighted by molar-refractivity contribution is -0.148. The van der Waals surface area contributed by atoms with Crippen LogP contribution < -0.4 is 5.32 Å². The Morgan fingerprint density at radius 2 is 1.91 bits per heavy atom. The Morgan fingerprint density at radius 1 is 1.19 bits per heavy atom. The number of carbonyl (C=O) groups is 3. The number of rotatable bonds is 5. The highest BCUT2D eigenvalue weighted by Crippen LogP contribution is 2.52. The fourth-order valence-electron chi connectivity index (χ4n) is 5.90. The van der Waals surface area contributed by atoms with E-state index in [1.54, 1.807) is 12.1 Å². The molecule has 0 bridgehead atoms. The Morgan fingerprint density at radius 3 is 2.53 bits per heavy atom. The van der Waals surface area contributed by atoms with Gasteiger partial charge in [0.15, 0.2) is 0 Å². The molecule has 3 amide bonds. The second-order valence-electron chi connectivity index (χ2n) is 9.32. The average Bonchev–Trinajstić information content (AvgIpc) is 3.11. The van der Waals surface area contributed by atoms with Crippen LogP contribution in [0.5, 0.6) is 0 Å². The number of nitrogens with zero attached hydrogens (tertiary/aromatic N) is 2. The van der Waals surface area contributed by atoms with Crippen molar-refractivity contribution in [1.82, 2.24) is 15.1 Å². The molecule has 3 aliphatic heterocycles. The van der Waals surface area contributed by atoms with Crippen LogP contribution in [0.15, 0.2) is 12.1 Å². The highest BCUT2D eigenvalue weighted by molar-refractivity contribution is 6.05. The van der Waals surface area contributed by atoms with Gasteiger partial charge in [-0.05, 0) is 38.3 Å². The summed E-state index contributed by atoms with van der Waals surface area (Å²) >= 11 is 0. The number of amides is 3. The standard InChI is InChI=1S/C24H32FN3O4/c1-4-23(5-2)14-27(6-3)12-11-24(23,32)17-8-7-15-16(20(17)25)13-28(22(15)31)18-9-10-19(29)26-21(18)30/h7-8,18,32H,4-6,9-14H2,1-3H3,(H,26,29,30)/t18-,24+/m0/s1. The number of aliphatic hydroxyl groups is 1. The smallest absolute Gasteiger partial charge is 0.255 e. The second kappa shape index (κ2) is 8.23. The lowest BCUT2D eigenvalue weighted by Crippen LogP contribution is -2.58. The molecule has 2 saturated heterocycles. The van der Waals surface area contributed by atoms with Gasteiger partial charge in [0.05, 0.1) is 6.54 Å². The van der Waals surface area contributed by atoms with Crippen LogP contribution >= 0.6 is 0 Å². The van der Waals surface area contributed by atoms with Crippen LogP contribution in [0.25, 0.3) is 0 Å². The van der Waals surface area contributed by atoms with E-state index in [0.717, 1.165) is 6.54 Å². The largest absolute Gasteiger partial charge is 0.384 e. The summed E-state index contributed by atoms with van der Waals surface area (Å²) in [5.74, 6) is -1.85. The lowest BCUT2D eigenvalue weighted by Gasteiger charge is -2.54. The zero-order chi connectivity index (χ0) is 23.3. The monoisotopic (exact) mass is 445 g/mol. The van der Waals surface area contributed by atoms with E-state index < -0.39 is 34.7 Å². The predicted molar refractivity (Wildman–Crippen MR) is 116 cm³/mol. The van der Waals surface area contributed by atoms with Crippen molar-refractivity contribution in [3.8, 4) is 0 Å². The summed E-state index contributed by atoms with van der Waals surface area (Å²) in [5, 5.41) is 14.2. The Kier molecular flexibility index (Phi) is 5.88. The third-order valence-electron chi connectivity index (χ3n) is 8.09. The summed E-state index contributed by atoms with van der Waals surface area (Å²) in [6.45, 7) is 8.35. The molecular formula is C24H32FN3O4. The summed E-state index contributed by atoms with van der Waals surface area (Å²) in [7, 11) is 0. The third kappa shape index (κ3) is 3.27. The van der Waals surface area contributed by atoms with Gasteiger partial charge in [-0.2, -0.15) is 0 Å². The molecule has 3 aliphatic rings. The van der Waals surface area contributed by atoms with E-state index in [2.05, 4.69) is 17.1 Å². The summed E-state index contributed by atoms with van der Waals surface area (Å²) in [4.78, 5) is 40.4. The van der Waals surface area contributed by atoms with Crippen molar-refractivity contribution in [2.45, 2.75) is 71.1 Å². The zero-order valence-corrected chi connectivity index (χ0v) is 19.0. The summed E-state index contributed by atoms with van der Waals surface area (Å²) < 4.78 is 16.0. The Balaban J connectivity index is 1.71. The highest BCUT2D eigenvalue weighted by atomic mass is 19.1. The van der Waals surface area contributed by atoms with E-state index in [1.165, 1.54) is 4.90 Å². The normalized spacial score (nSPS) is 28.1.